The number of hydrogen-bond acceptors (Lipinski definition) is 2. The third-order valence-corrected chi connectivity index (χ3v) is 3.04. The lowest BCUT2D eigenvalue weighted by Gasteiger charge is -2.29. The summed E-state index contributed by atoms with van der Waals surface area (Å²) in [6.45, 7) is 1.62. The predicted octanol–water partition coefficient (Wildman–Crippen LogP) is 3.04. The second-order valence-corrected chi connectivity index (χ2v) is 4.22. The van der Waals surface area contributed by atoms with Gasteiger partial charge in [0, 0.05) is 13.1 Å². The smallest absolute Gasteiger partial charge is 0.410 e. The van der Waals surface area contributed by atoms with Crippen LogP contribution in [0.5, 0.6) is 5.75 Å². The summed E-state index contributed by atoms with van der Waals surface area (Å²) >= 11 is 0. The van der Waals surface area contributed by atoms with Gasteiger partial charge in [0.1, 0.15) is 5.75 Å². The van der Waals surface area contributed by atoms with Gasteiger partial charge in [-0.1, -0.05) is 30.3 Å². The molecule has 17 heavy (non-hydrogen) atoms. The normalized spacial score (nSPS) is 14.5. The van der Waals surface area contributed by atoms with Gasteiger partial charge in [-0.3, -0.25) is 0 Å². The third-order valence-electron chi connectivity index (χ3n) is 3.04. The van der Waals surface area contributed by atoms with Gasteiger partial charge < -0.3 is 9.64 Å². The number of ether oxygens (including phenoxy) is 1. The molecule has 3 nitrogen and oxygen atoms in total. The van der Waals surface area contributed by atoms with Gasteiger partial charge in [-0.15, -0.1) is 0 Å². The lowest BCUT2D eigenvalue weighted by molar-refractivity contribution is 0.125. The summed E-state index contributed by atoms with van der Waals surface area (Å²) in [6, 6.07) is 13.7. The fourth-order valence-corrected chi connectivity index (χ4v) is 1.90. The molecule has 1 amide bonds. The van der Waals surface area contributed by atoms with Gasteiger partial charge in [0.05, 0.1) is 0 Å². The monoisotopic (exact) mass is 227 g/mol. The van der Waals surface area contributed by atoms with Crippen molar-refractivity contribution in [1.29, 1.82) is 0 Å². The number of carbonyl (C=O) groups excluding carboxylic acids is 1. The Morgan fingerprint density at radius 3 is 2.53 bits per heavy atom. The van der Waals surface area contributed by atoms with Crippen molar-refractivity contribution in [2.24, 2.45) is 0 Å². The summed E-state index contributed by atoms with van der Waals surface area (Å²) < 4.78 is 5.31. The number of fused-ring (bicyclic) bond motifs is 1. The average Bonchev–Trinajstić information content (AvgIpc) is 2.26. The molecular formula is C14H13NO2. The molecule has 0 aliphatic carbocycles. The van der Waals surface area contributed by atoms with Crippen LogP contribution in [-0.2, 0) is 0 Å². The summed E-state index contributed by atoms with van der Waals surface area (Å²) in [5.74, 6) is 0.612. The highest BCUT2D eigenvalue weighted by atomic mass is 16.6. The third kappa shape index (κ3) is 1.96. The largest absolute Gasteiger partial charge is 0.415 e. The minimum Gasteiger partial charge on any atom is -0.410 e. The number of hydrogen-bond donors (Lipinski definition) is 0. The molecule has 2 aromatic carbocycles. The topological polar surface area (TPSA) is 29.5 Å². The Morgan fingerprint density at radius 2 is 1.82 bits per heavy atom. The quantitative estimate of drug-likeness (QED) is 0.749. The van der Waals surface area contributed by atoms with Crippen molar-refractivity contribution in [3.8, 4) is 5.75 Å². The molecule has 0 unspecified atom stereocenters. The van der Waals surface area contributed by atoms with Crippen molar-refractivity contribution in [3.05, 3.63) is 42.5 Å². The van der Waals surface area contributed by atoms with Gasteiger partial charge in [-0.2, -0.15) is 0 Å². The molecule has 2 aromatic rings. The van der Waals surface area contributed by atoms with E-state index in [-0.39, 0.29) is 6.09 Å². The van der Waals surface area contributed by atoms with E-state index in [0.717, 1.165) is 30.3 Å². The maximum atomic E-state index is 11.6. The molecule has 0 spiro atoms. The molecule has 3 heteroatoms. The number of likely N-dealkylation sites (tertiary alicyclic amines) is 1. The van der Waals surface area contributed by atoms with Crippen LogP contribution in [0, 0.1) is 0 Å². The van der Waals surface area contributed by atoms with E-state index < -0.39 is 0 Å². The highest BCUT2D eigenvalue weighted by Gasteiger charge is 2.21. The predicted molar refractivity (Wildman–Crippen MR) is 66.2 cm³/mol. The maximum Gasteiger partial charge on any atom is 0.415 e. The molecule has 0 saturated carbocycles. The lowest BCUT2D eigenvalue weighted by atomic mass is 10.1. The second-order valence-electron chi connectivity index (χ2n) is 4.22. The van der Waals surface area contributed by atoms with E-state index in [1.165, 1.54) is 0 Å². The lowest BCUT2D eigenvalue weighted by Crippen LogP contribution is -2.43. The van der Waals surface area contributed by atoms with Crippen molar-refractivity contribution in [2.45, 2.75) is 6.42 Å². The van der Waals surface area contributed by atoms with Crippen molar-refractivity contribution in [3.63, 3.8) is 0 Å². The van der Waals surface area contributed by atoms with Crippen LogP contribution in [0.1, 0.15) is 6.42 Å². The van der Waals surface area contributed by atoms with Crippen molar-refractivity contribution >= 4 is 16.9 Å². The van der Waals surface area contributed by atoms with E-state index in [4.69, 9.17) is 4.74 Å². The van der Waals surface area contributed by atoms with Crippen LogP contribution in [0.15, 0.2) is 42.5 Å². The van der Waals surface area contributed by atoms with Gasteiger partial charge in [-0.25, -0.2) is 4.79 Å². The van der Waals surface area contributed by atoms with Crippen LogP contribution in [0.2, 0.25) is 0 Å². The number of rotatable bonds is 1. The van der Waals surface area contributed by atoms with E-state index in [2.05, 4.69) is 0 Å². The van der Waals surface area contributed by atoms with Crippen LogP contribution >= 0.6 is 0 Å². The molecule has 1 aliphatic rings. The van der Waals surface area contributed by atoms with Gasteiger partial charge in [0.2, 0.25) is 0 Å². The Morgan fingerprint density at radius 1 is 1.06 bits per heavy atom. The Hall–Kier alpha value is -2.03. The first-order chi connectivity index (χ1) is 8.33. The first-order valence-electron chi connectivity index (χ1n) is 5.78. The Kier molecular flexibility index (Phi) is 2.44. The zero-order chi connectivity index (χ0) is 11.7. The highest BCUT2D eigenvalue weighted by Crippen LogP contribution is 2.21. The summed E-state index contributed by atoms with van der Waals surface area (Å²) in [6.07, 6.45) is 0.832. The van der Waals surface area contributed by atoms with Crippen molar-refractivity contribution in [1.82, 2.24) is 4.90 Å². The molecule has 1 saturated heterocycles. The van der Waals surface area contributed by atoms with E-state index in [1.54, 1.807) is 4.90 Å². The summed E-state index contributed by atoms with van der Waals surface area (Å²) in [7, 11) is 0. The average molecular weight is 227 g/mol. The molecule has 86 valence electrons. The number of amides is 1. The maximum absolute atomic E-state index is 11.6. The van der Waals surface area contributed by atoms with E-state index in [0.29, 0.717) is 5.75 Å². The molecule has 1 fully saturated rings. The fourth-order valence-electron chi connectivity index (χ4n) is 1.90. The molecule has 0 atom stereocenters. The van der Waals surface area contributed by atoms with Crippen molar-refractivity contribution < 1.29 is 9.53 Å². The fraction of sp³-hybridized carbons (Fsp3) is 0.214. The molecule has 0 N–H and O–H groups in total. The standard InChI is InChI=1S/C14H13NO2/c16-14(15-8-3-9-15)17-13-7-6-11-4-1-2-5-12(11)10-13/h1-2,4-7,10H,3,8-9H2. The summed E-state index contributed by atoms with van der Waals surface area (Å²) in [5.41, 5.74) is 0. The van der Waals surface area contributed by atoms with E-state index >= 15 is 0 Å². The van der Waals surface area contributed by atoms with Gasteiger partial charge in [-0.05, 0) is 29.3 Å². The van der Waals surface area contributed by atoms with Crippen LogP contribution in [0.3, 0.4) is 0 Å². The second kappa shape index (κ2) is 4.09. The van der Waals surface area contributed by atoms with E-state index in [1.807, 2.05) is 42.5 Å². The molecule has 1 aliphatic heterocycles. The number of carbonyl (C=O) groups is 1. The first-order valence-corrected chi connectivity index (χ1v) is 5.78. The molecular weight excluding hydrogens is 214 g/mol. The Balaban J connectivity index is 1.82. The number of benzene rings is 2. The molecule has 0 aromatic heterocycles. The van der Waals surface area contributed by atoms with Gasteiger partial charge in [0.25, 0.3) is 0 Å². The molecule has 3 rings (SSSR count). The van der Waals surface area contributed by atoms with Crippen LogP contribution in [0.25, 0.3) is 10.8 Å². The van der Waals surface area contributed by atoms with Crippen molar-refractivity contribution in [2.75, 3.05) is 13.1 Å². The zero-order valence-electron chi connectivity index (χ0n) is 9.43. The van der Waals surface area contributed by atoms with Crippen LogP contribution in [0.4, 0.5) is 4.79 Å². The minimum absolute atomic E-state index is 0.244. The summed E-state index contributed by atoms with van der Waals surface area (Å²) in [5, 5.41) is 2.23. The highest BCUT2D eigenvalue weighted by molar-refractivity contribution is 5.84. The first kappa shape index (κ1) is 10.1. The molecule has 0 bridgehead atoms. The minimum atomic E-state index is -0.244. The Bertz CT molecular complexity index is 561. The Labute approximate surface area is 99.6 Å². The molecule has 0 radical (unpaired) electrons. The SMILES string of the molecule is O=C(Oc1ccc2ccccc2c1)N1CCC1. The van der Waals surface area contributed by atoms with Crippen LogP contribution in [-0.4, -0.2) is 24.1 Å². The zero-order valence-corrected chi connectivity index (χ0v) is 9.43. The number of nitrogens with zero attached hydrogens (tertiary/aromatic N) is 1. The van der Waals surface area contributed by atoms with E-state index in [9.17, 15) is 4.79 Å². The summed E-state index contributed by atoms with van der Waals surface area (Å²) in [4.78, 5) is 13.3. The van der Waals surface area contributed by atoms with Gasteiger partial charge in [0.15, 0.2) is 0 Å². The van der Waals surface area contributed by atoms with Gasteiger partial charge >= 0.3 is 6.09 Å². The molecule has 1 heterocycles. The van der Waals surface area contributed by atoms with Crippen LogP contribution < -0.4 is 4.74 Å².